The van der Waals surface area contributed by atoms with Crippen LogP contribution >= 0.6 is 0 Å². The van der Waals surface area contributed by atoms with Crippen molar-refractivity contribution in [1.29, 1.82) is 0 Å². The van der Waals surface area contributed by atoms with Gasteiger partial charge in [0.2, 0.25) is 0 Å². The highest BCUT2D eigenvalue weighted by atomic mass is 19.4. The monoisotopic (exact) mass is 437 g/mol. The van der Waals surface area contributed by atoms with Crippen LogP contribution in [0.25, 0.3) is 0 Å². The Kier molecular flexibility index (Phi) is 5.73. The Bertz CT molecular complexity index is 868. The predicted octanol–water partition coefficient (Wildman–Crippen LogP) is 5.47. The first-order valence-corrected chi connectivity index (χ1v) is 10.8. The molecule has 1 aromatic heterocycles. The minimum absolute atomic E-state index is 0.0674. The van der Waals surface area contributed by atoms with Gasteiger partial charge in [0.05, 0.1) is 12.4 Å². The Hall–Kier alpha value is -1.83. The highest BCUT2D eigenvalue weighted by Gasteiger charge is 2.68. The number of fused-ring (bicyclic) bond motifs is 1. The van der Waals surface area contributed by atoms with Gasteiger partial charge in [0, 0.05) is 18.0 Å². The van der Waals surface area contributed by atoms with Gasteiger partial charge < -0.3 is 14.3 Å². The Morgan fingerprint density at radius 1 is 1.10 bits per heavy atom. The fourth-order valence-corrected chi connectivity index (χ4v) is 5.33. The van der Waals surface area contributed by atoms with Gasteiger partial charge in [-0.1, -0.05) is 43.7 Å². The first kappa shape index (κ1) is 22.4. The molecule has 1 saturated carbocycles. The van der Waals surface area contributed by atoms with Crippen LogP contribution in [0.15, 0.2) is 53.1 Å². The molecule has 1 aliphatic carbocycles. The molecular formula is C24H30F3NO3. The summed E-state index contributed by atoms with van der Waals surface area (Å²) >= 11 is 0. The highest BCUT2D eigenvalue weighted by Crippen LogP contribution is 2.52. The van der Waals surface area contributed by atoms with Crippen LogP contribution in [0.3, 0.4) is 0 Å². The third-order valence-electron chi connectivity index (χ3n) is 7.17. The number of nitrogens with zero attached hydrogens (tertiary/aromatic N) is 1. The van der Waals surface area contributed by atoms with Gasteiger partial charge >= 0.3 is 6.18 Å². The molecule has 5 atom stereocenters. The molecule has 170 valence electrons. The summed E-state index contributed by atoms with van der Waals surface area (Å²) in [5.41, 5.74) is -3.07. The van der Waals surface area contributed by atoms with Crippen molar-refractivity contribution in [2.24, 2.45) is 11.8 Å². The van der Waals surface area contributed by atoms with E-state index in [9.17, 15) is 18.3 Å². The number of rotatable bonds is 4. The summed E-state index contributed by atoms with van der Waals surface area (Å²) in [5, 5.41) is 11.3. The summed E-state index contributed by atoms with van der Waals surface area (Å²) in [5.74, 6) is -0.125. The molecule has 31 heavy (non-hydrogen) atoms. The van der Waals surface area contributed by atoms with Crippen molar-refractivity contribution in [3.8, 4) is 0 Å². The van der Waals surface area contributed by atoms with Gasteiger partial charge in [-0.3, -0.25) is 4.90 Å². The third-order valence-corrected chi connectivity index (χ3v) is 7.17. The number of aliphatic hydroxyl groups is 1. The van der Waals surface area contributed by atoms with E-state index in [1.165, 1.54) is 12.1 Å². The molecular weight excluding hydrogens is 407 g/mol. The molecule has 1 N–H and O–H groups in total. The zero-order valence-corrected chi connectivity index (χ0v) is 18.1. The molecule has 0 radical (unpaired) electrons. The third kappa shape index (κ3) is 3.81. The van der Waals surface area contributed by atoms with Crippen LogP contribution in [0.4, 0.5) is 13.2 Å². The lowest BCUT2D eigenvalue weighted by Crippen LogP contribution is -2.71. The number of hydrogen-bond acceptors (Lipinski definition) is 4. The van der Waals surface area contributed by atoms with E-state index in [2.05, 4.69) is 6.92 Å². The molecule has 1 aromatic carbocycles. The lowest BCUT2D eigenvalue weighted by molar-refractivity contribution is -0.370. The molecule has 0 spiro atoms. The van der Waals surface area contributed by atoms with Crippen LogP contribution < -0.4 is 0 Å². The fraction of sp³-hybridized carbons (Fsp3) is 0.583. The summed E-state index contributed by atoms with van der Waals surface area (Å²) in [6, 6.07) is 11.9. The molecule has 2 heterocycles. The molecule has 1 saturated heterocycles. The smallest absolute Gasteiger partial charge is 0.428 e. The summed E-state index contributed by atoms with van der Waals surface area (Å²) < 4.78 is 54.8. The molecule has 1 aliphatic heterocycles. The van der Waals surface area contributed by atoms with Crippen LogP contribution in [0.2, 0.25) is 0 Å². The van der Waals surface area contributed by atoms with Crippen molar-refractivity contribution >= 4 is 0 Å². The number of furan rings is 1. The lowest BCUT2D eigenvalue weighted by atomic mass is 9.69. The van der Waals surface area contributed by atoms with Crippen LogP contribution in [0.1, 0.15) is 51.4 Å². The number of ether oxygens (including phenoxy) is 1. The minimum atomic E-state index is -4.99. The van der Waals surface area contributed by atoms with Gasteiger partial charge in [0.1, 0.15) is 5.76 Å². The molecule has 0 bridgehead atoms. The van der Waals surface area contributed by atoms with Crippen molar-refractivity contribution < 1.29 is 27.4 Å². The van der Waals surface area contributed by atoms with Crippen molar-refractivity contribution in [3.05, 3.63) is 60.1 Å². The van der Waals surface area contributed by atoms with Crippen molar-refractivity contribution in [2.45, 2.75) is 76.2 Å². The molecule has 4 nitrogen and oxygen atoms in total. The average molecular weight is 438 g/mol. The van der Waals surface area contributed by atoms with E-state index in [-0.39, 0.29) is 18.6 Å². The number of hydrogen-bond donors (Lipinski definition) is 1. The molecule has 4 unspecified atom stereocenters. The zero-order valence-electron chi connectivity index (χ0n) is 18.1. The molecule has 7 heteroatoms. The maximum absolute atomic E-state index is 14.5. The number of alkyl halides is 3. The normalized spacial score (nSPS) is 31.1. The summed E-state index contributed by atoms with van der Waals surface area (Å²) in [7, 11) is 0. The van der Waals surface area contributed by atoms with Crippen LogP contribution in [0.5, 0.6) is 0 Å². The summed E-state index contributed by atoms with van der Waals surface area (Å²) in [4.78, 5) is 1.68. The molecule has 0 amide bonds. The van der Waals surface area contributed by atoms with Crippen LogP contribution in [-0.4, -0.2) is 34.1 Å². The quantitative estimate of drug-likeness (QED) is 0.689. The summed E-state index contributed by atoms with van der Waals surface area (Å²) in [6.07, 6.45) is -3.28. The summed E-state index contributed by atoms with van der Waals surface area (Å²) in [6.45, 7) is 6.26. The topological polar surface area (TPSA) is 45.8 Å². The number of benzene rings is 1. The molecule has 2 fully saturated rings. The van der Waals surface area contributed by atoms with Crippen molar-refractivity contribution in [1.82, 2.24) is 4.90 Å². The Balaban J connectivity index is 1.83. The van der Waals surface area contributed by atoms with Gasteiger partial charge in [-0.15, -0.1) is 0 Å². The standard InChI is InChI=1S/C24H30F3NO3/c1-16-11-12-18-19(14-16)31-21(23(29,24(25,26)27)20-10-7-13-30-20)28(22(18,2)3)15-17-8-5-4-6-9-17/h4-10,13,16,18-19,21,29H,11-12,14-15H2,1-3H3/t16?,18?,19?,21?,23-/m0/s1. The van der Waals surface area contributed by atoms with Gasteiger partial charge in [0.15, 0.2) is 6.23 Å². The second-order valence-electron chi connectivity index (χ2n) is 9.56. The average Bonchev–Trinajstić information content (AvgIpc) is 3.24. The zero-order chi connectivity index (χ0) is 22.4. The van der Waals surface area contributed by atoms with Crippen LogP contribution in [-0.2, 0) is 16.9 Å². The van der Waals surface area contributed by atoms with E-state index in [0.29, 0.717) is 12.3 Å². The van der Waals surface area contributed by atoms with Gasteiger partial charge in [-0.05, 0) is 50.3 Å². The van der Waals surface area contributed by atoms with Gasteiger partial charge in [-0.2, -0.15) is 13.2 Å². The van der Waals surface area contributed by atoms with Crippen LogP contribution in [0, 0.1) is 11.8 Å². The Morgan fingerprint density at radius 2 is 1.81 bits per heavy atom. The van der Waals surface area contributed by atoms with Crippen molar-refractivity contribution in [3.63, 3.8) is 0 Å². The minimum Gasteiger partial charge on any atom is -0.466 e. The van der Waals surface area contributed by atoms with Gasteiger partial charge in [-0.25, -0.2) is 0 Å². The SMILES string of the molecule is CC1CCC2C(C1)OC([C@@](O)(c1ccco1)C(F)(F)F)N(Cc1ccccc1)C2(C)C. The second kappa shape index (κ2) is 7.94. The van der Waals surface area contributed by atoms with E-state index in [4.69, 9.17) is 9.15 Å². The van der Waals surface area contributed by atoms with E-state index >= 15 is 0 Å². The first-order valence-electron chi connectivity index (χ1n) is 10.8. The fourth-order valence-electron chi connectivity index (χ4n) is 5.33. The first-order chi connectivity index (χ1) is 14.5. The van der Waals surface area contributed by atoms with E-state index < -0.39 is 29.3 Å². The maximum atomic E-state index is 14.5. The van der Waals surface area contributed by atoms with E-state index in [0.717, 1.165) is 24.7 Å². The van der Waals surface area contributed by atoms with Gasteiger partial charge in [0.25, 0.3) is 5.60 Å². The Morgan fingerprint density at radius 3 is 2.42 bits per heavy atom. The van der Waals surface area contributed by atoms with E-state index in [1.807, 2.05) is 44.2 Å². The number of halogens is 3. The largest absolute Gasteiger partial charge is 0.466 e. The molecule has 2 aliphatic rings. The molecule has 4 rings (SSSR count). The molecule has 2 aromatic rings. The maximum Gasteiger partial charge on any atom is 0.428 e. The second-order valence-corrected chi connectivity index (χ2v) is 9.56. The van der Waals surface area contributed by atoms with Crippen molar-refractivity contribution in [2.75, 3.05) is 0 Å². The lowest BCUT2D eigenvalue weighted by Gasteiger charge is -2.59. The van der Waals surface area contributed by atoms with E-state index in [1.54, 1.807) is 4.90 Å². The Labute approximate surface area is 181 Å². The predicted molar refractivity (Wildman–Crippen MR) is 110 cm³/mol. The highest BCUT2D eigenvalue weighted by molar-refractivity contribution is 5.20.